The van der Waals surface area contributed by atoms with Crippen LogP contribution in [0.2, 0.25) is 5.02 Å². The SMILES string of the molecule is COc1ccc2c(c1)nc1c(C#N)c(C)c(N=Nc3cc(C)c(N=Nc4cc(Cl)c(N=Nc5nc6c(S(=O)(=O)O)cc7ccc(S(=O)(=O)O)cc7c6s5)cc4SCCCS(=O)(=O)O)cc3OCCCS(=O)(=O)O)c(O)n12. The molecular weight excluding hydrogens is 1140 g/mol. The molecule has 0 unspecified atom stereocenters. The molecule has 0 amide bonds. The monoisotopic (exact) mass is 1170 g/mol. The van der Waals surface area contributed by atoms with Crippen LogP contribution in [0.25, 0.3) is 37.7 Å². The number of methoxy groups -OCH3 is 1. The molecule has 5 N–H and O–H groups in total. The van der Waals surface area contributed by atoms with Gasteiger partial charge in [0, 0.05) is 28.0 Å². The van der Waals surface area contributed by atoms with Gasteiger partial charge < -0.3 is 14.6 Å². The van der Waals surface area contributed by atoms with E-state index in [1.54, 1.807) is 32.0 Å². The minimum Gasteiger partial charge on any atom is -0.497 e. The number of fused-ring (bicyclic) bond motifs is 6. The maximum Gasteiger partial charge on any atom is 0.296 e. The van der Waals surface area contributed by atoms with E-state index in [1.807, 2.05) is 0 Å². The number of imidazole rings is 1. The first-order valence-electron chi connectivity index (χ1n) is 21.6. The van der Waals surface area contributed by atoms with Crippen LogP contribution in [-0.4, -0.2) is 102 Å². The van der Waals surface area contributed by atoms with Gasteiger partial charge in [0.2, 0.25) is 11.0 Å². The highest BCUT2D eigenvalue weighted by Crippen LogP contribution is 2.45. The van der Waals surface area contributed by atoms with Crippen molar-refractivity contribution in [2.75, 3.05) is 31.0 Å². The number of halogens is 1. The molecule has 0 aliphatic heterocycles. The molecule has 76 heavy (non-hydrogen) atoms. The number of ether oxygens (including phenoxy) is 2. The molecule has 0 saturated heterocycles. The van der Waals surface area contributed by atoms with Gasteiger partial charge in [-0.15, -0.1) is 37.3 Å². The van der Waals surface area contributed by atoms with Gasteiger partial charge in [-0.1, -0.05) is 29.0 Å². The molecule has 0 saturated carbocycles. The molecule has 32 heteroatoms. The van der Waals surface area contributed by atoms with Gasteiger partial charge in [0.25, 0.3) is 40.5 Å². The Morgan fingerprint density at radius 3 is 2.16 bits per heavy atom. The first kappa shape index (κ1) is 55.4. The van der Waals surface area contributed by atoms with Crippen LogP contribution < -0.4 is 9.47 Å². The second-order valence-corrected chi connectivity index (χ2v) is 24.7. The smallest absolute Gasteiger partial charge is 0.296 e. The number of aromatic hydroxyl groups is 1. The van der Waals surface area contributed by atoms with Crippen molar-refractivity contribution < 1.29 is 66.5 Å². The van der Waals surface area contributed by atoms with Gasteiger partial charge >= 0.3 is 0 Å². The Hall–Kier alpha value is -6.83. The Morgan fingerprint density at radius 1 is 0.776 bits per heavy atom. The van der Waals surface area contributed by atoms with E-state index in [4.69, 9.17) is 21.1 Å². The van der Waals surface area contributed by atoms with Crippen LogP contribution in [0.3, 0.4) is 0 Å². The van der Waals surface area contributed by atoms with E-state index in [2.05, 4.69) is 46.7 Å². The third kappa shape index (κ3) is 12.4. The number of hydrogen-bond donors (Lipinski definition) is 5. The molecule has 25 nitrogen and oxygen atoms in total. The zero-order chi connectivity index (χ0) is 55.1. The zero-order valence-corrected chi connectivity index (χ0v) is 44.9. The largest absolute Gasteiger partial charge is 0.497 e. The van der Waals surface area contributed by atoms with Crippen molar-refractivity contribution in [3.05, 3.63) is 88.4 Å². The van der Waals surface area contributed by atoms with Gasteiger partial charge in [0.15, 0.2) is 11.3 Å². The molecule has 0 bridgehead atoms. The van der Waals surface area contributed by atoms with Crippen molar-refractivity contribution in [1.29, 1.82) is 5.26 Å². The number of pyridine rings is 1. The van der Waals surface area contributed by atoms with E-state index in [-0.39, 0.29) is 107 Å². The fourth-order valence-corrected chi connectivity index (χ4v) is 11.9. The summed E-state index contributed by atoms with van der Waals surface area (Å²) in [6.45, 7) is 2.95. The Balaban J connectivity index is 1.17. The summed E-state index contributed by atoms with van der Waals surface area (Å²) in [5, 5.41) is 47.8. The lowest BCUT2D eigenvalue weighted by molar-refractivity contribution is 0.317. The first-order valence-corrected chi connectivity index (χ1v) is 29.8. The van der Waals surface area contributed by atoms with Crippen LogP contribution in [0.1, 0.15) is 29.5 Å². The van der Waals surface area contributed by atoms with Crippen molar-refractivity contribution in [3.8, 4) is 23.4 Å². The second-order valence-electron chi connectivity index (χ2n) is 16.2. The summed E-state index contributed by atoms with van der Waals surface area (Å²) >= 11 is 8.56. The van der Waals surface area contributed by atoms with Crippen LogP contribution in [0.4, 0.5) is 33.6 Å². The van der Waals surface area contributed by atoms with Crippen molar-refractivity contribution in [1.82, 2.24) is 14.4 Å². The van der Waals surface area contributed by atoms with E-state index in [0.29, 0.717) is 27.2 Å². The Labute approximate surface area is 444 Å². The van der Waals surface area contributed by atoms with Gasteiger partial charge in [-0.2, -0.15) is 44.0 Å². The van der Waals surface area contributed by atoms with E-state index in [0.717, 1.165) is 41.3 Å². The van der Waals surface area contributed by atoms with Crippen LogP contribution in [0, 0.1) is 25.2 Å². The summed E-state index contributed by atoms with van der Waals surface area (Å²) in [6.07, 6.45) is -0.167. The summed E-state index contributed by atoms with van der Waals surface area (Å²) in [6, 6.07) is 17.2. The third-order valence-corrected chi connectivity index (χ3v) is 16.7. The molecule has 8 rings (SSSR count). The van der Waals surface area contributed by atoms with Gasteiger partial charge in [-0.05, 0) is 91.9 Å². The standard InChI is InChI=1S/C44H37ClN10O15S6/c1-22-14-33(51-53-39-23(2)28(21-46)42-47-32-16-25(69-3)7-9-35(32)55(42)43(39)56)36(70-10-4-12-73(57,58)59)19-30(22)49-52-34-18-29(45)31(20-37(34)71-11-5-13-74(60,61)62)50-54-44-48-40-38(76(66,67)68)15-24-6-8-26(75(63,64)65)17-27(24)41(40)72-44/h6-9,14-20,56H,4-5,10-13H2,1-3H3,(H,57,58,59)(H,60,61,62)(H,63,64,65)(H,66,67,68). The van der Waals surface area contributed by atoms with Crippen LogP contribution in [0.5, 0.6) is 17.4 Å². The number of hydrogen-bond acceptors (Lipinski definition) is 22. The maximum absolute atomic E-state index is 12.4. The highest BCUT2D eigenvalue weighted by atomic mass is 35.5. The quantitative estimate of drug-likeness (QED) is 0.0217. The summed E-state index contributed by atoms with van der Waals surface area (Å²) in [5.41, 5.74) is 1.80. The number of aryl methyl sites for hydroxylation is 1. The van der Waals surface area contributed by atoms with Gasteiger partial charge in [0.1, 0.15) is 50.6 Å². The molecule has 0 atom stereocenters. The fourth-order valence-electron chi connectivity index (χ4n) is 7.43. The molecule has 3 aromatic heterocycles. The average molecular weight is 1170 g/mol. The van der Waals surface area contributed by atoms with Crippen LogP contribution >= 0.6 is 34.7 Å². The second kappa shape index (κ2) is 21.7. The summed E-state index contributed by atoms with van der Waals surface area (Å²) in [5.74, 6) is -0.993. The number of benzene rings is 5. The molecule has 8 aromatic rings. The molecule has 0 radical (unpaired) electrons. The van der Waals surface area contributed by atoms with Crippen LogP contribution in [-0.2, 0) is 40.5 Å². The predicted molar refractivity (Wildman–Crippen MR) is 281 cm³/mol. The fraction of sp³-hybridized carbons (Fsp3) is 0.205. The molecular formula is C44H37ClN10O15S6. The van der Waals surface area contributed by atoms with Gasteiger partial charge in [-0.25, -0.2) is 9.97 Å². The summed E-state index contributed by atoms with van der Waals surface area (Å²) < 4.78 is 146. The van der Waals surface area contributed by atoms with E-state index < -0.39 is 67.6 Å². The number of nitrogens with zero attached hydrogens (tertiary/aromatic N) is 10. The number of nitriles is 1. The lowest BCUT2D eigenvalue weighted by Gasteiger charge is -2.12. The summed E-state index contributed by atoms with van der Waals surface area (Å²) in [7, 11) is -16.8. The first-order chi connectivity index (χ1) is 35.7. The molecule has 5 aromatic carbocycles. The van der Waals surface area contributed by atoms with Gasteiger partial charge in [-0.3, -0.25) is 22.6 Å². The lowest BCUT2D eigenvalue weighted by atomic mass is 10.1. The zero-order valence-electron chi connectivity index (χ0n) is 39.2. The topological polar surface area (TPSA) is 384 Å². The van der Waals surface area contributed by atoms with Crippen molar-refractivity contribution in [2.45, 2.75) is 41.4 Å². The normalized spacial score (nSPS) is 12.9. The van der Waals surface area contributed by atoms with Crippen molar-refractivity contribution >= 4 is 146 Å². The average Bonchev–Trinajstić information content (AvgIpc) is 3.95. The lowest BCUT2D eigenvalue weighted by Crippen LogP contribution is -2.08. The maximum atomic E-state index is 12.4. The number of aromatic nitrogens is 3. The highest BCUT2D eigenvalue weighted by Gasteiger charge is 2.24. The van der Waals surface area contributed by atoms with E-state index in [1.165, 1.54) is 41.8 Å². The molecule has 396 valence electrons. The molecule has 0 aliphatic carbocycles. The number of thioether (sulfide) groups is 1. The Morgan fingerprint density at radius 2 is 1.47 bits per heavy atom. The predicted octanol–water partition coefficient (Wildman–Crippen LogP) is 10.9. The molecule has 0 fully saturated rings. The minimum atomic E-state index is -4.88. The van der Waals surface area contributed by atoms with Crippen molar-refractivity contribution in [2.24, 2.45) is 30.7 Å². The van der Waals surface area contributed by atoms with E-state index >= 15 is 0 Å². The number of thiazole rings is 1. The summed E-state index contributed by atoms with van der Waals surface area (Å²) in [4.78, 5) is 7.98. The Bertz CT molecular complexity index is 4320. The molecule has 0 spiro atoms. The van der Waals surface area contributed by atoms with Gasteiger partial charge in [0.05, 0.1) is 56.6 Å². The minimum absolute atomic E-state index is 0.000850. The molecule has 3 heterocycles. The Kier molecular flexibility index (Phi) is 15.8. The highest BCUT2D eigenvalue weighted by molar-refractivity contribution is 7.99. The number of rotatable bonds is 19. The van der Waals surface area contributed by atoms with Crippen molar-refractivity contribution in [3.63, 3.8) is 0 Å². The van der Waals surface area contributed by atoms with E-state index in [9.17, 15) is 62.3 Å². The number of azo groups is 3. The third-order valence-electron chi connectivity index (χ3n) is 11.0. The van der Waals surface area contributed by atoms with Crippen LogP contribution in [0.15, 0.2) is 112 Å². The molecule has 0 aliphatic rings.